The van der Waals surface area contributed by atoms with Gasteiger partial charge in [-0.05, 0) is 31.7 Å². The number of methoxy groups -OCH3 is 1. The van der Waals surface area contributed by atoms with Crippen LogP contribution in [-0.4, -0.2) is 73.7 Å². The van der Waals surface area contributed by atoms with Gasteiger partial charge in [0.2, 0.25) is 5.95 Å². The lowest BCUT2D eigenvalue weighted by Gasteiger charge is -2.31. The van der Waals surface area contributed by atoms with Gasteiger partial charge in [-0.1, -0.05) is 12.8 Å². The molecule has 0 spiro atoms. The molecule has 39 heavy (non-hydrogen) atoms. The van der Waals surface area contributed by atoms with Crippen LogP contribution in [-0.2, 0) is 9.53 Å². The van der Waals surface area contributed by atoms with Crippen LogP contribution in [0.2, 0.25) is 0 Å². The van der Waals surface area contributed by atoms with E-state index in [1.54, 1.807) is 0 Å². The summed E-state index contributed by atoms with van der Waals surface area (Å²) in [6.45, 7) is 0.263. The molecule has 0 bridgehead atoms. The van der Waals surface area contributed by atoms with Gasteiger partial charge in [0.15, 0.2) is 5.82 Å². The minimum atomic E-state index is -3.60. The monoisotopic (exact) mass is 548 g/mol. The molecule has 1 saturated heterocycles. The van der Waals surface area contributed by atoms with Crippen LogP contribution < -0.4 is 25.2 Å². The van der Waals surface area contributed by atoms with Gasteiger partial charge < -0.3 is 29.9 Å². The van der Waals surface area contributed by atoms with Gasteiger partial charge in [0.05, 0.1) is 31.1 Å². The van der Waals surface area contributed by atoms with Crippen LogP contribution in [0, 0.1) is 5.82 Å². The maximum absolute atomic E-state index is 15.1. The summed E-state index contributed by atoms with van der Waals surface area (Å²) in [6, 6.07) is 2.08. The van der Waals surface area contributed by atoms with Crippen LogP contribution in [0.3, 0.4) is 0 Å². The molecule has 1 aromatic carbocycles. The molecule has 210 valence electrons. The van der Waals surface area contributed by atoms with Crippen molar-refractivity contribution in [3.05, 3.63) is 29.7 Å². The van der Waals surface area contributed by atoms with E-state index in [1.165, 1.54) is 31.3 Å². The normalized spacial score (nSPS) is 20.0. The first-order valence-electron chi connectivity index (χ1n) is 13.0. The summed E-state index contributed by atoms with van der Waals surface area (Å²) < 4.78 is 55.4. The summed E-state index contributed by atoms with van der Waals surface area (Å²) in [4.78, 5) is 36.3. The van der Waals surface area contributed by atoms with Crippen molar-refractivity contribution in [2.45, 2.75) is 56.5 Å². The number of nitrogens with zero attached hydrogens (tertiary/aromatic N) is 4. The number of alkyl halides is 2. The second-order valence-corrected chi connectivity index (χ2v) is 10.1. The number of amides is 2. The number of ether oxygens (including phenoxy) is 2. The number of hydrogen-bond acceptors (Lipinski definition) is 8. The zero-order valence-corrected chi connectivity index (χ0v) is 21.8. The summed E-state index contributed by atoms with van der Waals surface area (Å²) in [5.74, 6) is -5.91. The quantitative estimate of drug-likeness (QED) is 0.564. The largest absolute Gasteiger partial charge is 0.495 e. The number of fused-ring (bicyclic) bond motifs is 1. The Kier molecular flexibility index (Phi) is 7.52. The molecule has 0 atom stereocenters. The van der Waals surface area contributed by atoms with E-state index >= 15 is 4.39 Å². The lowest BCUT2D eigenvalue weighted by atomic mass is 10.1. The van der Waals surface area contributed by atoms with E-state index in [0.717, 1.165) is 23.8 Å². The number of benzene rings is 1. The van der Waals surface area contributed by atoms with Crippen LogP contribution in [0.4, 0.5) is 36.3 Å². The Labute approximate surface area is 223 Å². The van der Waals surface area contributed by atoms with E-state index < -0.39 is 30.1 Å². The van der Waals surface area contributed by atoms with Gasteiger partial charge >= 0.3 is 5.92 Å². The van der Waals surface area contributed by atoms with Crippen molar-refractivity contribution in [2.24, 2.45) is 0 Å². The molecule has 0 radical (unpaired) electrons. The fraction of sp³-hybridized carbons (Fsp3) is 0.538. The molecule has 2 N–H and O–H groups in total. The number of rotatable bonds is 6. The highest BCUT2D eigenvalue weighted by molar-refractivity contribution is 6.02. The Bertz CT molecular complexity index is 1250. The molecule has 2 fully saturated rings. The second-order valence-electron chi connectivity index (χ2n) is 10.1. The lowest BCUT2D eigenvalue weighted by molar-refractivity contribution is -0.140. The first-order chi connectivity index (χ1) is 18.7. The molecule has 5 rings (SSSR count). The Morgan fingerprint density at radius 2 is 1.90 bits per heavy atom. The molecule has 13 heteroatoms. The highest BCUT2D eigenvalue weighted by Gasteiger charge is 2.48. The molecule has 1 saturated carbocycles. The van der Waals surface area contributed by atoms with E-state index in [0.29, 0.717) is 38.9 Å². The first kappa shape index (κ1) is 27.0. The van der Waals surface area contributed by atoms with Gasteiger partial charge in [0.1, 0.15) is 17.3 Å². The van der Waals surface area contributed by atoms with Gasteiger partial charge in [-0.25, -0.2) is 9.37 Å². The summed E-state index contributed by atoms with van der Waals surface area (Å²) in [7, 11) is 2.65. The highest BCUT2D eigenvalue weighted by atomic mass is 19.3. The standard InChI is InChI=1S/C26H31F3N6O4/c1-34-20-13-30-25(33-22(20)35(16-5-3-4-6-16)14-26(28,29)24(34)37)32-19-12-18(27)17(11-21(19)38-2)23(36)31-15-7-9-39-10-8-15/h11-13,15-16H,3-10,14H2,1-2H3,(H,31,36)(H,30,32,33). The average Bonchev–Trinajstić information content (AvgIpc) is 3.44. The van der Waals surface area contributed by atoms with Crippen molar-refractivity contribution >= 4 is 35.0 Å². The van der Waals surface area contributed by atoms with Crippen molar-refractivity contribution in [1.82, 2.24) is 15.3 Å². The van der Waals surface area contributed by atoms with Gasteiger partial charge in [0.25, 0.3) is 11.8 Å². The molecule has 1 aromatic heterocycles. The molecule has 3 heterocycles. The average molecular weight is 549 g/mol. The molecule has 2 aromatic rings. The second kappa shape index (κ2) is 10.9. The maximum Gasteiger partial charge on any atom is 0.342 e. The van der Waals surface area contributed by atoms with Crippen molar-refractivity contribution < 1.29 is 32.2 Å². The van der Waals surface area contributed by atoms with Crippen LogP contribution in [0.5, 0.6) is 5.75 Å². The molecular weight excluding hydrogens is 517 g/mol. The summed E-state index contributed by atoms with van der Waals surface area (Å²) in [5.41, 5.74) is 0.128. The Morgan fingerprint density at radius 3 is 2.59 bits per heavy atom. The van der Waals surface area contributed by atoms with E-state index in [1.807, 2.05) is 0 Å². The minimum absolute atomic E-state index is 0.0000746. The Morgan fingerprint density at radius 1 is 1.18 bits per heavy atom. The zero-order chi connectivity index (χ0) is 27.7. The number of nitrogens with one attached hydrogen (secondary N) is 2. The first-order valence-corrected chi connectivity index (χ1v) is 13.0. The molecule has 1 aliphatic carbocycles. The SMILES string of the molecule is COc1cc(C(=O)NC2CCOCC2)c(F)cc1Nc1ncc2c(n1)N(C1CCCC1)CC(F)(F)C(=O)N2C. The number of aromatic nitrogens is 2. The fourth-order valence-corrected chi connectivity index (χ4v) is 5.32. The van der Waals surface area contributed by atoms with E-state index in [-0.39, 0.29) is 46.5 Å². The number of anilines is 4. The van der Waals surface area contributed by atoms with Crippen molar-refractivity contribution in [2.75, 3.05) is 49.0 Å². The Hall–Kier alpha value is -3.61. The highest BCUT2D eigenvalue weighted by Crippen LogP contribution is 2.40. The van der Waals surface area contributed by atoms with E-state index in [4.69, 9.17) is 9.47 Å². The molecule has 2 aliphatic heterocycles. The van der Waals surface area contributed by atoms with Gasteiger partial charge in [-0.3, -0.25) is 9.59 Å². The predicted molar refractivity (Wildman–Crippen MR) is 138 cm³/mol. The summed E-state index contributed by atoms with van der Waals surface area (Å²) in [6.07, 6.45) is 5.78. The Balaban J connectivity index is 1.44. The third-order valence-corrected chi connectivity index (χ3v) is 7.47. The van der Waals surface area contributed by atoms with Crippen molar-refractivity contribution in [1.29, 1.82) is 0 Å². The third-order valence-electron chi connectivity index (χ3n) is 7.47. The maximum atomic E-state index is 15.1. The van der Waals surface area contributed by atoms with Crippen LogP contribution in [0.1, 0.15) is 48.9 Å². The lowest BCUT2D eigenvalue weighted by Crippen LogP contribution is -2.48. The number of carbonyl (C=O) groups is 2. The molecule has 3 aliphatic rings. The number of hydrogen-bond donors (Lipinski definition) is 2. The van der Waals surface area contributed by atoms with Crippen molar-refractivity contribution in [3.63, 3.8) is 0 Å². The van der Waals surface area contributed by atoms with Crippen LogP contribution >= 0.6 is 0 Å². The predicted octanol–water partition coefficient (Wildman–Crippen LogP) is 3.64. The summed E-state index contributed by atoms with van der Waals surface area (Å²) >= 11 is 0. The van der Waals surface area contributed by atoms with Crippen LogP contribution in [0.25, 0.3) is 0 Å². The molecule has 0 unspecified atom stereocenters. The number of halogens is 3. The third kappa shape index (κ3) is 5.45. The summed E-state index contributed by atoms with van der Waals surface area (Å²) in [5, 5.41) is 5.71. The van der Waals surface area contributed by atoms with E-state index in [2.05, 4.69) is 20.6 Å². The minimum Gasteiger partial charge on any atom is -0.495 e. The van der Waals surface area contributed by atoms with Crippen molar-refractivity contribution in [3.8, 4) is 5.75 Å². The van der Waals surface area contributed by atoms with Gasteiger partial charge in [-0.2, -0.15) is 13.8 Å². The molecular formula is C26H31F3N6O4. The van der Waals surface area contributed by atoms with Gasteiger partial charge in [0, 0.05) is 38.4 Å². The fourth-order valence-electron chi connectivity index (χ4n) is 5.32. The number of carbonyl (C=O) groups excluding carboxylic acids is 2. The van der Waals surface area contributed by atoms with Gasteiger partial charge in [-0.15, -0.1) is 0 Å². The van der Waals surface area contributed by atoms with E-state index in [9.17, 15) is 18.4 Å². The molecule has 10 nitrogen and oxygen atoms in total. The van der Waals surface area contributed by atoms with Crippen LogP contribution in [0.15, 0.2) is 18.3 Å². The molecule has 2 amide bonds. The zero-order valence-electron chi connectivity index (χ0n) is 21.8. The topological polar surface area (TPSA) is 109 Å². The smallest absolute Gasteiger partial charge is 0.342 e.